The monoisotopic (exact) mass is 267 g/mol. The van der Waals surface area contributed by atoms with Crippen molar-refractivity contribution < 1.29 is 13.2 Å². The van der Waals surface area contributed by atoms with Gasteiger partial charge in [-0.3, -0.25) is 0 Å². The Morgan fingerprint density at radius 3 is 2.06 bits per heavy atom. The quantitative estimate of drug-likeness (QED) is 0.700. The molecule has 0 saturated heterocycles. The smallest absolute Gasteiger partial charge is 0.314 e. The van der Waals surface area contributed by atoms with Gasteiger partial charge in [0.05, 0.1) is 0 Å². The Morgan fingerprint density at radius 1 is 1.11 bits per heavy atom. The van der Waals surface area contributed by atoms with E-state index >= 15 is 0 Å². The van der Waals surface area contributed by atoms with Gasteiger partial charge >= 0.3 is 6.18 Å². The zero-order chi connectivity index (χ0) is 14.4. The third-order valence-corrected chi connectivity index (χ3v) is 3.62. The fourth-order valence-corrected chi connectivity index (χ4v) is 1.92. The maximum atomic E-state index is 12.1. The second-order valence-corrected chi connectivity index (χ2v) is 6.26. The van der Waals surface area contributed by atoms with Crippen LogP contribution in [0.5, 0.6) is 0 Å². The van der Waals surface area contributed by atoms with E-state index in [1.165, 1.54) is 0 Å². The molecule has 18 heavy (non-hydrogen) atoms. The number of alkyl halides is 3. The minimum atomic E-state index is -4.02. The van der Waals surface area contributed by atoms with Crippen molar-refractivity contribution in [3.8, 4) is 0 Å². The van der Waals surface area contributed by atoms with Gasteiger partial charge in [0.25, 0.3) is 0 Å². The summed E-state index contributed by atoms with van der Waals surface area (Å²) in [5, 5.41) is 3.30. The second kappa shape index (κ2) is 7.37. The highest BCUT2D eigenvalue weighted by molar-refractivity contribution is 4.77. The molecule has 0 aromatic heterocycles. The minimum Gasteiger partial charge on any atom is -0.314 e. The molecule has 110 valence electrons. The van der Waals surface area contributed by atoms with Crippen LogP contribution < -0.4 is 5.32 Å². The van der Waals surface area contributed by atoms with Crippen molar-refractivity contribution in [2.45, 2.75) is 72.5 Å². The molecule has 0 rings (SSSR count). The highest BCUT2D eigenvalue weighted by Crippen LogP contribution is 2.30. The number of rotatable bonds is 7. The summed E-state index contributed by atoms with van der Waals surface area (Å²) >= 11 is 0. The average molecular weight is 267 g/mol. The first kappa shape index (κ1) is 17.8. The van der Waals surface area contributed by atoms with Crippen molar-refractivity contribution in [3.63, 3.8) is 0 Å². The lowest BCUT2D eigenvalue weighted by Crippen LogP contribution is -2.33. The van der Waals surface area contributed by atoms with Gasteiger partial charge in [-0.25, -0.2) is 0 Å². The van der Waals surface area contributed by atoms with E-state index in [0.29, 0.717) is 12.3 Å². The molecule has 0 fully saturated rings. The van der Waals surface area contributed by atoms with E-state index in [2.05, 4.69) is 33.0 Å². The first-order chi connectivity index (χ1) is 8.06. The summed E-state index contributed by atoms with van der Waals surface area (Å²) in [7, 11) is 0. The van der Waals surface area contributed by atoms with Crippen molar-refractivity contribution in [3.05, 3.63) is 0 Å². The zero-order valence-electron chi connectivity index (χ0n) is 12.3. The van der Waals surface area contributed by atoms with Crippen molar-refractivity contribution in [2.75, 3.05) is 6.54 Å². The Hall–Kier alpha value is -0.250. The lowest BCUT2D eigenvalue weighted by Gasteiger charge is -2.31. The Labute approximate surface area is 110 Å². The molecule has 0 aliphatic rings. The van der Waals surface area contributed by atoms with Crippen LogP contribution >= 0.6 is 0 Å². The summed E-state index contributed by atoms with van der Waals surface area (Å²) in [5.41, 5.74) is 0.206. The highest BCUT2D eigenvalue weighted by atomic mass is 19.4. The molecule has 0 spiro atoms. The summed E-state index contributed by atoms with van der Waals surface area (Å²) in [6.45, 7) is 11.5. The van der Waals surface area contributed by atoms with Gasteiger partial charge < -0.3 is 5.32 Å². The summed E-state index contributed by atoms with van der Waals surface area (Å²) in [4.78, 5) is 0. The van der Waals surface area contributed by atoms with Crippen LogP contribution in [0, 0.1) is 11.3 Å². The van der Waals surface area contributed by atoms with E-state index in [1.807, 2.05) is 6.92 Å². The lowest BCUT2D eigenvalue weighted by molar-refractivity contribution is -0.135. The molecule has 0 radical (unpaired) electrons. The summed E-state index contributed by atoms with van der Waals surface area (Å²) < 4.78 is 36.4. The maximum Gasteiger partial charge on any atom is 0.389 e. The topological polar surface area (TPSA) is 12.0 Å². The van der Waals surface area contributed by atoms with Crippen LogP contribution in [0.2, 0.25) is 0 Å². The molecule has 1 nitrogen and oxygen atoms in total. The zero-order valence-corrected chi connectivity index (χ0v) is 12.3. The molecule has 0 aliphatic heterocycles. The fourth-order valence-electron chi connectivity index (χ4n) is 1.92. The van der Waals surface area contributed by atoms with Crippen LogP contribution in [0.3, 0.4) is 0 Å². The van der Waals surface area contributed by atoms with Crippen LogP contribution in [-0.4, -0.2) is 18.8 Å². The largest absolute Gasteiger partial charge is 0.389 e. The number of halogens is 3. The first-order valence-corrected chi connectivity index (χ1v) is 6.86. The van der Waals surface area contributed by atoms with Crippen LogP contribution in [0.1, 0.15) is 60.3 Å². The van der Waals surface area contributed by atoms with E-state index in [-0.39, 0.29) is 17.9 Å². The third-order valence-electron chi connectivity index (χ3n) is 3.62. The SMILES string of the molecule is CCNC(CCCC(F)(F)F)CC(C)C(C)(C)C. The standard InChI is InChI=1S/C14H28F3N/c1-6-18-12(8-7-9-14(15,16)17)10-11(2)13(3,4)5/h11-12,18H,6-10H2,1-5H3. The fraction of sp³-hybridized carbons (Fsp3) is 1.00. The average Bonchev–Trinajstić information content (AvgIpc) is 2.14. The molecule has 0 heterocycles. The van der Waals surface area contributed by atoms with Crippen molar-refractivity contribution in [1.29, 1.82) is 0 Å². The molecule has 0 aromatic carbocycles. The van der Waals surface area contributed by atoms with Gasteiger partial charge in [0, 0.05) is 12.5 Å². The van der Waals surface area contributed by atoms with Gasteiger partial charge in [-0.1, -0.05) is 34.6 Å². The van der Waals surface area contributed by atoms with Gasteiger partial charge in [0.15, 0.2) is 0 Å². The lowest BCUT2D eigenvalue weighted by atomic mass is 9.78. The Balaban J connectivity index is 4.15. The summed E-state index contributed by atoms with van der Waals surface area (Å²) in [6, 6.07) is 0.201. The Kier molecular flexibility index (Phi) is 7.26. The van der Waals surface area contributed by atoms with Gasteiger partial charge in [-0.15, -0.1) is 0 Å². The second-order valence-electron chi connectivity index (χ2n) is 6.26. The maximum absolute atomic E-state index is 12.1. The van der Waals surface area contributed by atoms with Crippen molar-refractivity contribution in [1.82, 2.24) is 5.32 Å². The molecule has 0 saturated carbocycles. The molecule has 4 heteroatoms. The molecule has 0 bridgehead atoms. The molecule has 0 amide bonds. The normalized spacial score (nSPS) is 16.7. The number of hydrogen-bond acceptors (Lipinski definition) is 1. The Bertz CT molecular complexity index is 218. The molecular formula is C14H28F3N. The third kappa shape index (κ3) is 8.78. The van der Waals surface area contributed by atoms with Crippen LogP contribution in [0.15, 0.2) is 0 Å². The highest BCUT2D eigenvalue weighted by Gasteiger charge is 2.28. The van der Waals surface area contributed by atoms with Crippen LogP contribution in [0.25, 0.3) is 0 Å². The van der Waals surface area contributed by atoms with E-state index in [1.54, 1.807) is 0 Å². The minimum absolute atomic E-state index is 0.201. The number of hydrogen-bond donors (Lipinski definition) is 1. The van der Waals surface area contributed by atoms with Gasteiger partial charge in [-0.2, -0.15) is 13.2 Å². The van der Waals surface area contributed by atoms with Gasteiger partial charge in [-0.05, 0) is 37.1 Å². The molecule has 1 N–H and O–H groups in total. The van der Waals surface area contributed by atoms with Crippen molar-refractivity contribution >= 4 is 0 Å². The Morgan fingerprint density at radius 2 is 1.67 bits per heavy atom. The summed E-state index contributed by atoms with van der Waals surface area (Å²) in [5.74, 6) is 0.493. The van der Waals surface area contributed by atoms with Crippen molar-refractivity contribution in [2.24, 2.45) is 11.3 Å². The molecular weight excluding hydrogens is 239 g/mol. The molecule has 2 atom stereocenters. The van der Waals surface area contributed by atoms with E-state index in [9.17, 15) is 13.2 Å². The predicted octanol–water partition coefficient (Wildman–Crippen LogP) is 4.77. The predicted molar refractivity (Wildman–Crippen MR) is 70.6 cm³/mol. The number of nitrogens with one attached hydrogen (secondary N) is 1. The van der Waals surface area contributed by atoms with Gasteiger partial charge in [0.1, 0.15) is 0 Å². The van der Waals surface area contributed by atoms with E-state index in [4.69, 9.17) is 0 Å². The first-order valence-electron chi connectivity index (χ1n) is 6.86. The van der Waals surface area contributed by atoms with E-state index < -0.39 is 12.6 Å². The van der Waals surface area contributed by atoms with Crippen LogP contribution in [-0.2, 0) is 0 Å². The summed E-state index contributed by atoms with van der Waals surface area (Å²) in [6.07, 6.45) is -2.92. The van der Waals surface area contributed by atoms with Crippen LogP contribution in [0.4, 0.5) is 13.2 Å². The molecule has 0 aliphatic carbocycles. The molecule has 2 unspecified atom stereocenters. The molecule has 0 aromatic rings. The van der Waals surface area contributed by atoms with Gasteiger partial charge in [0.2, 0.25) is 0 Å². The van der Waals surface area contributed by atoms with E-state index in [0.717, 1.165) is 13.0 Å².